The van der Waals surface area contributed by atoms with E-state index in [0.717, 1.165) is 0 Å². The lowest BCUT2D eigenvalue weighted by molar-refractivity contribution is -0.00415. The molecule has 3 N–H and O–H groups in total. The smallest absolute Gasteiger partial charge is 0.335 e. The Kier molecular flexibility index (Phi) is 10.0. The monoisotopic (exact) mass is 623 g/mol. The van der Waals surface area contributed by atoms with Crippen LogP contribution in [0.25, 0.3) is 0 Å². The van der Waals surface area contributed by atoms with Crippen LogP contribution in [0.2, 0.25) is 0 Å². The molecule has 1 saturated heterocycles. The number of hydrogen-bond donors (Lipinski definition) is 3. The average Bonchev–Trinajstić information content (AvgIpc) is 2.98. The molecule has 1 aliphatic rings. The van der Waals surface area contributed by atoms with E-state index in [1.165, 1.54) is 36.2 Å². The van der Waals surface area contributed by atoms with E-state index < -0.39 is 63.3 Å². The Balaban J connectivity index is 2.10. The normalized spacial score (nSPS) is 23.1. The van der Waals surface area contributed by atoms with Gasteiger partial charge in [0.25, 0.3) is 0 Å². The van der Waals surface area contributed by atoms with Gasteiger partial charge in [-0.3, -0.25) is 0 Å². The first-order valence-corrected chi connectivity index (χ1v) is 15.9. The van der Waals surface area contributed by atoms with E-state index in [9.17, 15) is 34.3 Å². The summed E-state index contributed by atoms with van der Waals surface area (Å²) in [6, 6.07) is 19.3. The van der Waals surface area contributed by atoms with Crippen LogP contribution in [0.1, 0.15) is 86.3 Å². The summed E-state index contributed by atoms with van der Waals surface area (Å²) < 4.78 is 23.2. The second kappa shape index (κ2) is 13.3. The molecule has 0 spiro atoms. The molecule has 0 radical (unpaired) electrons. The van der Waals surface area contributed by atoms with Crippen LogP contribution in [0.5, 0.6) is 0 Å². The topological polar surface area (TPSA) is 157 Å². The third kappa shape index (κ3) is 6.80. The molecule has 3 aromatic rings. The molecular weight excluding hydrogens is 590 g/mol. The Labute approximate surface area is 257 Å². The van der Waals surface area contributed by atoms with Crippen molar-refractivity contribution in [2.45, 2.75) is 54.8 Å². The fourth-order valence-corrected chi connectivity index (χ4v) is 6.96. The van der Waals surface area contributed by atoms with Gasteiger partial charge in [0.15, 0.2) is 0 Å². The Hall–Kier alpha value is -3.64. The van der Waals surface area contributed by atoms with Crippen LogP contribution in [0, 0.1) is 0 Å². The number of ether oxygens (including phenoxy) is 1. The van der Waals surface area contributed by atoms with Crippen molar-refractivity contribution in [2.24, 2.45) is 4.40 Å². The number of thioether (sulfide) groups is 1. The van der Waals surface area contributed by atoms with E-state index >= 15 is 0 Å². The number of hydrogen-bond acceptors (Lipinski definition) is 7. The van der Waals surface area contributed by atoms with Gasteiger partial charge >= 0.3 is 17.9 Å². The summed E-state index contributed by atoms with van der Waals surface area (Å²) in [7, 11) is 0. The van der Waals surface area contributed by atoms with Crippen molar-refractivity contribution >= 4 is 47.2 Å². The molecule has 0 aliphatic carbocycles. The van der Waals surface area contributed by atoms with Gasteiger partial charge in [-0.2, -0.15) is 0 Å². The molecule has 0 saturated carbocycles. The van der Waals surface area contributed by atoms with Crippen LogP contribution in [-0.4, -0.2) is 66.5 Å². The van der Waals surface area contributed by atoms with Crippen molar-refractivity contribution in [3.05, 3.63) is 106 Å². The molecular formula is C32H33NO8S2. The lowest BCUT2D eigenvalue weighted by atomic mass is 9.66. The van der Waals surface area contributed by atoms with Gasteiger partial charge in [-0.15, -0.1) is 11.8 Å². The molecule has 0 amide bonds. The Morgan fingerprint density at radius 1 is 0.767 bits per heavy atom. The summed E-state index contributed by atoms with van der Waals surface area (Å²) in [5.41, 5.74) is 0.472. The highest BCUT2D eigenvalue weighted by Gasteiger charge is 2.50. The molecule has 0 aromatic heterocycles. The molecule has 6 atom stereocenters. The average molecular weight is 624 g/mol. The van der Waals surface area contributed by atoms with Crippen molar-refractivity contribution in [1.29, 1.82) is 0 Å². The first-order valence-electron chi connectivity index (χ1n) is 13.5. The minimum Gasteiger partial charge on any atom is -0.591 e. The van der Waals surface area contributed by atoms with Gasteiger partial charge < -0.3 is 24.6 Å². The summed E-state index contributed by atoms with van der Waals surface area (Å²) in [6.45, 7) is 5.32. The number of carbonyl (C=O) groups is 3. The molecule has 1 aliphatic heterocycles. The first-order chi connectivity index (χ1) is 20.4. The van der Waals surface area contributed by atoms with Crippen molar-refractivity contribution in [3.63, 3.8) is 0 Å². The van der Waals surface area contributed by atoms with Crippen LogP contribution in [-0.2, 0) is 16.1 Å². The van der Waals surface area contributed by atoms with Gasteiger partial charge in [0.2, 0.25) is 0 Å². The highest BCUT2D eigenvalue weighted by Crippen LogP contribution is 2.55. The molecule has 1 fully saturated rings. The van der Waals surface area contributed by atoms with Crippen LogP contribution in [0.15, 0.2) is 77.2 Å². The summed E-state index contributed by atoms with van der Waals surface area (Å²) in [6.07, 6.45) is 2.28. The van der Waals surface area contributed by atoms with Crippen LogP contribution in [0.3, 0.4) is 0 Å². The van der Waals surface area contributed by atoms with Gasteiger partial charge in [-0.25, -0.2) is 14.4 Å². The van der Waals surface area contributed by atoms with E-state index in [-0.39, 0.29) is 16.7 Å². The van der Waals surface area contributed by atoms with E-state index in [0.29, 0.717) is 16.7 Å². The third-order valence-electron chi connectivity index (χ3n) is 7.42. The Morgan fingerprint density at radius 2 is 1.16 bits per heavy atom. The summed E-state index contributed by atoms with van der Waals surface area (Å²) >= 11 is -0.349. The van der Waals surface area contributed by atoms with E-state index in [1.54, 1.807) is 81.6 Å². The molecule has 0 unspecified atom stereocenters. The van der Waals surface area contributed by atoms with Gasteiger partial charge in [-0.05, 0) is 61.9 Å². The quantitative estimate of drug-likeness (QED) is 0.191. The lowest BCUT2D eigenvalue weighted by Gasteiger charge is -2.47. The van der Waals surface area contributed by atoms with Gasteiger partial charge in [0, 0.05) is 17.8 Å². The minimum atomic E-state index is -1.67. The zero-order valence-corrected chi connectivity index (χ0v) is 25.7. The SMILES string of the molecule is CS[C@H]1O[C@@H](/C=N/[S@+]([O-])C(C)(C)C)[C@H](c2ccccc2C(=O)O)[C@H](c2ccccc2C(=O)O)[C@@H]1c1ccccc1C(=O)O. The van der Waals surface area contributed by atoms with E-state index in [4.69, 9.17) is 4.74 Å². The van der Waals surface area contributed by atoms with Crippen LogP contribution in [0.4, 0.5) is 0 Å². The zero-order valence-electron chi connectivity index (χ0n) is 24.0. The number of aromatic carboxylic acids is 3. The van der Waals surface area contributed by atoms with Gasteiger partial charge in [0.05, 0.1) is 22.9 Å². The number of benzene rings is 3. The number of carboxylic acids is 3. The lowest BCUT2D eigenvalue weighted by Crippen LogP contribution is -2.45. The van der Waals surface area contributed by atoms with Gasteiger partial charge in [-0.1, -0.05) is 59.0 Å². The fourth-order valence-electron chi connectivity index (χ4n) is 5.57. The maximum Gasteiger partial charge on any atom is 0.335 e. The highest BCUT2D eigenvalue weighted by molar-refractivity contribution is 7.99. The molecule has 0 bridgehead atoms. The summed E-state index contributed by atoms with van der Waals surface area (Å²) in [5, 5.41) is 30.6. The predicted octanol–water partition coefficient (Wildman–Crippen LogP) is 6.05. The van der Waals surface area contributed by atoms with E-state index in [1.807, 2.05) is 0 Å². The maximum atomic E-state index is 13.0. The summed E-state index contributed by atoms with van der Waals surface area (Å²) in [4.78, 5) is 37.5. The van der Waals surface area contributed by atoms with Crippen molar-refractivity contribution in [1.82, 2.24) is 0 Å². The molecule has 43 heavy (non-hydrogen) atoms. The van der Waals surface area contributed by atoms with Gasteiger partial charge in [0.1, 0.15) is 27.6 Å². The van der Waals surface area contributed by atoms with Crippen molar-refractivity contribution < 1.29 is 39.0 Å². The molecule has 1 heterocycles. The van der Waals surface area contributed by atoms with Crippen molar-refractivity contribution in [2.75, 3.05) is 6.26 Å². The summed E-state index contributed by atoms with van der Waals surface area (Å²) in [5.74, 6) is -5.91. The second-order valence-electron chi connectivity index (χ2n) is 11.1. The minimum absolute atomic E-state index is 0.00109. The number of nitrogens with zero attached hydrogens (tertiary/aromatic N) is 1. The van der Waals surface area contributed by atoms with Crippen LogP contribution < -0.4 is 0 Å². The number of rotatable bonds is 9. The maximum absolute atomic E-state index is 13.0. The molecule has 4 rings (SSSR count). The van der Waals surface area contributed by atoms with Crippen LogP contribution >= 0.6 is 11.8 Å². The fraction of sp³-hybridized carbons (Fsp3) is 0.312. The second-order valence-corrected chi connectivity index (χ2v) is 13.9. The number of carboxylic acid groups (broad SMARTS) is 3. The molecule has 11 heteroatoms. The largest absolute Gasteiger partial charge is 0.591 e. The standard InChI is InChI=1S/C32H33NO8S2/c1-32(2,3)43(40)33-17-24-25(18-11-5-8-14-21(18)28(34)35)26(19-12-6-9-15-22(19)29(36)37)27(31(41-24)42-4)20-13-7-10-16-23(20)30(38)39/h5-17,24-27,31H,1-4H3,(H,34,35)(H,36,37)(H,38,39)/b33-17+/t24-,25-,26-,27-,31+,43+/m0/s1. The third-order valence-corrected chi connectivity index (χ3v) is 9.65. The zero-order chi connectivity index (χ0) is 31.5. The van der Waals surface area contributed by atoms with E-state index in [2.05, 4.69) is 4.40 Å². The Morgan fingerprint density at radius 3 is 1.56 bits per heavy atom. The molecule has 9 nitrogen and oxygen atoms in total. The molecule has 3 aromatic carbocycles. The highest BCUT2D eigenvalue weighted by atomic mass is 32.2. The molecule has 226 valence electrons. The van der Waals surface area contributed by atoms with Crippen molar-refractivity contribution in [3.8, 4) is 0 Å². The Bertz CT molecular complexity index is 1540. The predicted molar refractivity (Wildman–Crippen MR) is 167 cm³/mol. The first kappa shape index (κ1) is 32.3.